The van der Waals surface area contributed by atoms with E-state index in [0.29, 0.717) is 19.5 Å². The Labute approximate surface area is 115 Å². The van der Waals surface area contributed by atoms with Crippen LogP contribution in [0.1, 0.15) is 13.3 Å². The van der Waals surface area contributed by atoms with Crippen LogP contribution in [0, 0.1) is 15.5 Å². The highest BCUT2D eigenvalue weighted by molar-refractivity contribution is 5.83. The Kier molecular flexibility index (Phi) is 3.43. The summed E-state index contributed by atoms with van der Waals surface area (Å²) in [6, 6.07) is 0. The first kappa shape index (κ1) is 14.0. The van der Waals surface area contributed by atoms with Crippen molar-refractivity contribution >= 4 is 23.4 Å². The Morgan fingerprint density at radius 3 is 2.95 bits per heavy atom. The van der Waals surface area contributed by atoms with Crippen molar-refractivity contribution in [2.24, 2.45) is 5.41 Å². The molecule has 1 aliphatic heterocycles. The largest absolute Gasteiger partial charge is 0.368 e. The smallest absolute Gasteiger partial charge is 0.329 e. The third-order valence-electron chi connectivity index (χ3n) is 3.51. The summed E-state index contributed by atoms with van der Waals surface area (Å²) in [6.07, 6.45) is 1.68. The molecule has 0 bridgehead atoms. The van der Waals surface area contributed by atoms with Gasteiger partial charge >= 0.3 is 5.69 Å². The van der Waals surface area contributed by atoms with E-state index in [0.717, 1.165) is 6.20 Å². The van der Waals surface area contributed by atoms with E-state index in [1.54, 1.807) is 11.9 Å². The highest BCUT2D eigenvalue weighted by Crippen LogP contribution is 2.36. The maximum atomic E-state index is 11.9. The Hall–Kier alpha value is -2.45. The topological polar surface area (TPSA) is 127 Å². The average Bonchev–Trinajstić information content (AvgIpc) is 2.81. The van der Waals surface area contributed by atoms with Crippen LogP contribution in [0.25, 0.3) is 0 Å². The van der Waals surface area contributed by atoms with Crippen molar-refractivity contribution in [1.29, 1.82) is 0 Å². The molecule has 2 rings (SSSR count). The summed E-state index contributed by atoms with van der Waals surface area (Å²) in [5, 5.41) is 13.6. The first-order chi connectivity index (χ1) is 9.37. The number of hydrogen-bond donors (Lipinski definition) is 2. The van der Waals surface area contributed by atoms with Crippen molar-refractivity contribution in [3.63, 3.8) is 0 Å². The van der Waals surface area contributed by atoms with E-state index in [2.05, 4.69) is 15.3 Å². The van der Waals surface area contributed by atoms with Crippen LogP contribution in [0.15, 0.2) is 6.20 Å². The van der Waals surface area contributed by atoms with Crippen LogP contribution in [-0.4, -0.2) is 40.9 Å². The van der Waals surface area contributed by atoms with Gasteiger partial charge < -0.3 is 16.0 Å². The lowest BCUT2D eigenvalue weighted by Crippen LogP contribution is -2.39. The fourth-order valence-electron chi connectivity index (χ4n) is 2.37. The first-order valence-electron chi connectivity index (χ1n) is 6.11. The predicted octanol–water partition coefficient (Wildman–Crippen LogP) is -0.0706. The lowest BCUT2D eigenvalue weighted by atomic mass is 9.89. The number of nitrogens with one attached hydrogen (secondary N) is 1. The van der Waals surface area contributed by atoms with Crippen molar-refractivity contribution in [1.82, 2.24) is 15.3 Å². The minimum Gasteiger partial charge on any atom is -0.368 e. The molecule has 0 saturated carbocycles. The van der Waals surface area contributed by atoms with Gasteiger partial charge in [-0.05, 0) is 13.3 Å². The summed E-state index contributed by atoms with van der Waals surface area (Å²) < 4.78 is 0. The number of nitrogens with two attached hydrogens (primary N) is 1. The molecule has 1 aromatic heterocycles. The SMILES string of the molecule is CNC(=O)C1(C)CCN(c2nc(N)ncc2[N+](=O)[O-])C1. The Bertz CT molecular complexity index is 563. The number of carbonyl (C=O) groups excluding carboxylic acids is 1. The minimum absolute atomic E-state index is 0.0286. The van der Waals surface area contributed by atoms with Crippen LogP contribution in [0.4, 0.5) is 17.5 Å². The second kappa shape index (κ2) is 4.91. The fourth-order valence-corrected chi connectivity index (χ4v) is 2.37. The third-order valence-corrected chi connectivity index (χ3v) is 3.51. The Morgan fingerprint density at radius 1 is 1.65 bits per heavy atom. The van der Waals surface area contributed by atoms with Crippen LogP contribution in [0.2, 0.25) is 0 Å². The number of nitro groups is 1. The number of nitrogen functional groups attached to an aromatic ring is 1. The van der Waals surface area contributed by atoms with E-state index in [9.17, 15) is 14.9 Å². The molecule has 1 unspecified atom stereocenters. The molecule has 0 radical (unpaired) electrons. The molecule has 1 fully saturated rings. The molecule has 2 heterocycles. The van der Waals surface area contributed by atoms with Crippen LogP contribution >= 0.6 is 0 Å². The van der Waals surface area contributed by atoms with Gasteiger partial charge in [0.1, 0.15) is 6.20 Å². The van der Waals surface area contributed by atoms with E-state index in [1.807, 2.05) is 6.92 Å². The van der Waals surface area contributed by atoms with Gasteiger partial charge in [-0.15, -0.1) is 0 Å². The fraction of sp³-hybridized carbons (Fsp3) is 0.545. The van der Waals surface area contributed by atoms with Crippen LogP contribution in [-0.2, 0) is 4.79 Å². The van der Waals surface area contributed by atoms with Crippen LogP contribution in [0.5, 0.6) is 0 Å². The lowest BCUT2D eigenvalue weighted by Gasteiger charge is -2.23. The van der Waals surface area contributed by atoms with Crippen LogP contribution < -0.4 is 16.0 Å². The average molecular weight is 280 g/mol. The molecule has 108 valence electrons. The lowest BCUT2D eigenvalue weighted by molar-refractivity contribution is -0.384. The molecule has 1 atom stereocenters. The summed E-state index contributed by atoms with van der Waals surface area (Å²) in [7, 11) is 1.57. The summed E-state index contributed by atoms with van der Waals surface area (Å²) >= 11 is 0. The summed E-state index contributed by atoms with van der Waals surface area (Å²) in [5.74, 6) is 0.0407. The van der Waals surface area contributed by atoms with E-state index >= 15 is 0 Å². The summed E-state index contributed by atoms with van der Waals surface area (Å²) in [4.78, 5) is 31.6. The number of carbonyl (C=O) groups is 1. The van der Waals surface area contributed by atoms with Gasteiger partial charge in [0.25, 0.3) is 0 Å². The molecule has 20 heavy (non-hydrogen) atoms. The Morgan fingerprint density at radius 2 is 2.35 bits per heavy atom. The summed E-state index contributed by atoms with van der Waals surface area (Å²) in [6.45, 7) is 2.67. The number of rotatable bonds is 3. The molecule has 1 aromatic rings. The second-order valence-electron chi connectivity index (χ2n) is 5.01. The number of nitrogens with zero attached hydrogens (tertiary/aromatic N) is 4. The monoisotopic (exact) mass is 280 g/mol. The molecule has 3 N–H and O–H groups in total. The normalized spacial score (nSPS) is 21.8. The standard InChI is InChI=1S/C11H16N6O3/c1-11(9(18)13-2)3-4-16(6-11)8-7(17(19)20)5-14-10(12)15-8/h5H,3-4,6H2,1-2H3,(H,13,18)(H2,12,14,15). The van der Waals surface area contributed by atoms with Gasteiger partial charge in [0.2, 0.25) is 17.7 Å². The van der Waals surface area contributed by atoms with Crippen molar-refractivity contribution < 1.29 is 9.72 Å². The van der Waals surface area contributed by atoms with Crippen LogP contribution in [0.3, 0.4) is 0 Å². The number of hydrogen-bond acceptors (Lipinski definition) is 7. The van der Waals surface area contributed by atoms with Crippen molar-refractivity contribution in [2.75, 3.05) is 30.8 Å². The number of anilines is 2. The van der Waals surface area contributed by atoms with E-state index < -0.39 is 10.3 Å². The highest BCUT2D eigenvalue weighted by Gasteiger charge is 2.42. The molecule has 9 nitrogen and oxygen atoms in total. The van der Waals surface area contributed by atoms with Crippen molar-refractivity contribution in [3.8, 4) is 0 Å². The maximum absolute atomic E-state index is 11.9. The second-order valence-corrected chi connectivity index (χ2v) is 5.01. The third kappa shape index (κ3) is 2.33. The van der Waals surface area contributed by atoms with Gasteiger partial charge in [0.05, 0.1) is 10.3 Å². The van der Waals surface area contributed by atoms with Gasteiger partial charge in [-0.25, -0.2) is 4.98 Å². The molecule has 0 spiro atoms. The van der Waals surface area contributed by atoms with E-state index in [4.69, 9.17) is 5.73 Å². The van der Waals surface area contributed by atoms with Gasteiger partial charge in [0, 0.05) is 20.1 Å². The van der Waals surface area contributed by atoms with E-state index in [1.165, 1.54) is 0 Å². The van der Waals surface area contributed by atoms with Gasteiger partial charge in [-0.1, -0.05) is 0 Å². The molecular formula is C11H16N6O3. The van der Waals surface area contributed by atoms with Crippen molar-refractivity contribution in [3.05, 3.63) is 16.3 Å². The predicted molar refractivity (Wildman–Crippen MR) is 72.1 cm³/mol. The molecular weight excluding hydrogens is 264 g/mol. The molecule has 1 saturated heterocycles. The minimum atomic E-state index is -0.595. The quantitative estimate of drug-likeness (QED) is 0.586. The van der Waals surface area contributed by atoms with Gasteiger partial charge in [-0.2, -0.15) is 4.98 Å². The zero-order valence-corrected chi connectivity index (χ0v) is 11.3. The van der Waals surface area contributed by atoms with Gasteiger partial charge in [0.15, 0.2) is 0 Å². The van der Waals surface area contributed by atoms with Crippen molar-refractivity contribution in [2.45, 2.75) is 13.3 Å². The number of aromatic nitrogens is 2. The highest BCUT2D eigenvalue weighted by atomic mass is 16.6. The zero-order chi connectivity index (χ0) is 14.9. The molecule has 0 aromatic carbocycles. The van der Waals surface area contributed by atoms with Gasteiger partial charge in [-0.3, -0.25) is 14.9 Å². The number of amides is 1. The van der Waals surface area contributed by atoms with E-state index in [-0.39, 0.29) is 23.4 Å². The molecule has 0 aliphatic carbocycles. The first-order valence-corrected chi connectivity index (χ1v) is 6.11. The maximum Gasteiger partial charge on any atom is 0.329 e. The molecule has 9 heteroatoms. The summed E-state index contributed by atoms with van der Waals surface area (Å²) in [5.41, 5.74) is 4.70. The molecule has 1 amide bonds. The zero-order valence-electron chi connectivity index (χ0n) is 11.3. The molecule has 1 aliphatic rings. The Balaban J connectivity index is 2.33.